The van der Waals surface area contributed by atoms with E-state index in [-0.39, 0.29) is 11.2 Å². The van der Waals surface area contributed by atoms with Crippen LogP contribution in [0, 0.1) is 29.1 Å². The van der Waals surface area contributed by atoms with Gasteiger partial charge in [0.1, 0.15) is 11.2 Å². The molecule has 0 saturated heterocycles. The zero-order valence-corrected chi connectivity index (χ0v) is 10.0. The molecule has 0 aliphatic rings. The Bertz CT molecular complexity index is 845. The summed E-state index contributed by atoms with van der Waals surface area (Å²) in [6, 6.07) is 2.92. The molecule has 3 aromatic rings. The number of imidazole rings is 1. The van der Waals surface area contributed by atoms with Crippen molar-refractivity contribution in [3.8, 4) is 5.69 Å². The van der Waals surface area contributed by atoms with Crippen molar-refractivity contribution in [1.82, 2.24) is 14.5 Å². The number of benzene rings is 1. The molecular formula is C12H5F5N4. The predicted octanol–water partition coefficient (Wildman–Crippen LogP) is 2.70. The number of nitrogen functional groups attached to an aromatic ring is 1. The van der Waals surface area contributed by atoms with Crippen molar-refractivity contribution in [2.45, 2.75) is 0 Å². The van der Waals surface area contributed by atoms with Crippen LogP contribution < -0.4 is 5.73 Å². The van der Waals surface area contributed by atoms with Crippen molar-refractivity contribution < 1.29 is 22.0 Å². The Morgan fingerprint density at radius 3 is 2.10 bits per heavy atom. The fourth-order valence-corrected chi connectivity index (χ4v) is 1.94. The van der Waals surface area contributed by atoms with E-state index in [0.29, 0.717) is 4.57 Å². The van der Waals surface area contributed by atoms with Crippen LogP contribution >= 0.6 is 0 Å². The minimum Gasteiger partial charge on any atom is -0.369 e. The molecule has 2 heterocycles. The Labute approximate surface area is 113 Å². The molecule has 0 saturated carbocycles. The molecule has 0 aliphatic heterocycles. The fraction of sp³-hybridized carbons (Fsp3) is 0. The molecule has 21 heavy (non-hydrogen) atoms. The number of aromatic nitrogens is 3. The summed E-state index contributed by atoms with van der Waals surface area (Å²) in [5.74, 6) is -10.9. The molecule has 2 aromatic heterocycles. The maximum atomic E-state index is 13.8. The number of rotatable bonds is 1. The van der Waals surface area contributed by atoms with Crippen molar-refractivity contribution in [2.75, 3.05) is 5.73 Å². The highest BCUT2D eigenvalue weighted by Gasteiger charge is 2.29. The van der Waals surface area contributed by atoms with Crippen LogP contribution in [0.2, 0.25) is 0 Å². The monoisotopic (exact) mass is 300 g/mol. The van der Waals surface area contributed by atoms with E-state index in [4.69, 9.17) is 5.73 Å². The Morgan fingerprint density at radius 1 is 0.905 bits per heavy atom. The van der Waals surface area contributed by atoms with Crippen LogP contribution in [0.4, 0.5) is 27.9 Å². The quantitative estimate of drug-likeness (QED) is 0.427. The number of anilines is 1. The predicted molar refractivity (Wildman–Crippen MR) is 63.1 cm³/mol. The van der Waals surface area contributed by atoms with Crippen LogP contribution in [0.5, 0.6) is 0 Å². The van der Waals surface area contributed by atoms with E-state index in [2.05, 4.69) is 9.97 Å². The van der Waals surface area contributed by atoms with Gasteiger partial charge in [-0.25, -0.2) is 31.9 Å². The first-order valence-corrected chi connectivity index (χ1v) is 5.54. The van der Waals surface area contributed by atoms with E-state index < -0.39 is 40.7 Å². The number of hydrogen-bond donors (Lipinski definition) is 1. The van der Waals surface area contributed by atoms with Gasteiger partial charge in [0.2, 0.25) is 11.8 Å². The third-order valence-corrected chi connectivity index (χ3v) is 2.85. The van der Waals surface area contributed by atoms with Crippen molar-refractivity contribution >= 4 is 17.1 Å². The topological polar surface area (TPSA) is 56.7 Å². The summed E-state index contributed by atoms with van der Waals surface area (Å²) in [4.78, 5) is 7.55. The van der Waals surface area contributed by atoms with Crippen LogP contribution in [-0.4, -0.2) is 14.5 Å². The average molecular weight is 300 g/mol. The second kappa shape index (κ2) is 4.40. The van der Waals surface area contributed by atoms with Gasteiger partial charge in [-0.3, -0.25) is 4.57 Å². The first kappa shape index (κ1) is 13.3. The van der Waals surface area contributed by atoms with Crippen LogP contribution in [0.3, 0.4) is 0 Å². The lowest BCUT2D eigenvalue weighted by Crippen LogP contribution is -2.12. The lowest BCUT2D eigenvalue weighted by Gasteiger charge is -2.10. The highest BCUT2D eigenvalue weighted by atomic mass is 19.2. The second-order valence-electron chi connectivity index (χ2n) is 4.07. The third kappa shape index (κ3) is 1.73. The van der Waals surface area contributed by atoms with E-state index in [9.17, 15) is 22.0 Å². The molecule has 9 heteroatoms. The largest absolute Gasteiger partial charge is 0.369 e. The molecule has 0 radical (unpaired) electrons. The van der Waals surface area contributed by atoms with Gasteiger partial charge >= 0.3 is 0 Å². The molecule has 0 unspecified atom stereocenters. The van der Waals surface area contributed by atoms with Gasteiger partial charge in [0.05, 0.1) is 0 Å². The molecule has 0 atom stereocenters. The van der Waals surface area contributed by atoms with E-state index in [0.717, 1.165) is 0 Å². The summed E-state index contributed by atoms with van der Waals surface area (Å²) in [5, 5.41) is 0. The summed E-state index contributed by atoms with van der Waals surface area (Å²) < 4.78 is 67.8. The molecule has 0 bridgehead atoms. The molecule has 2 N–H and O–H groups in total. The molecular weight excluding hydrogens is 295 g/mol. The Kier molecular flexibility index (Phi) is 2.78. The standard InChI is InChI=1S/C12H5F5N4/c13-5-6(14)8(16)10(9(17)7(5)15)21-11-4(20-12(21)18)2-1-3-19-11/h1-3H,(H2,18,20). The van der Waals surface area contributed by atoms with Gasteiger partial charge in [0, 0.05) is 6.20 Å². The van der Waals surface area contributed by atoms with E-state index >= 15 is 0 Å². The van der Waals surface area contributed by atoms with Crippen molar-refractivity contribution in [3.05, 3.63) is 47.4 Å². The first-order chi connectivity index (χ1) is 9.93. The highest BCUT2D eigenvalue weighted by Crippen LogP contribution is 2.30. The van der Waals surface area contributed by atoms with Gasteiger partial charge in [-0.2, -0.15) is 0 Å². The molecule has 1 aromatic carbocycles. The van der Waals surface area contributed by atoms with Crippen LogP contribution in [0.1, 0.15) is 0 Å². The molecule has 0 amide bonds. The maximum Gasteiger partial charge on any atom is 0.207 e. The molecule has 108 valence electrons. The van der Waals surface area contributed by atoms with Gasteiger partial charge in [0.25, 0.3) is 0 Å². The van der Waals surface area contributed by atoms with Crippen LogP contribution in [-0.2, 0) is 0 Å². The van der Waals surface area contributed by atoms with Gasteiger partial charge in [-0.05, 0) is 12.1 Å². The Hall–Kier alpha value is -2.71. The summed E-state index contributed by atoms with van der Waals surface area (Å²) in [6.07, 6.45) is 1.27. The lowest BCUT2D eigenvalue weighted by molar-refractivity contribution is 0.376. The highest BCUT2D eigenvalue weighted by molar-refractivity contribution is 5.76. The summed E-state index contributed by atoms with van der Waals surface area (Å²) in [5.41, 5.74) is 4.31. The number of fused-ring (bicyclic) bond motifs is 1. The smallest absolute Gasteiger partial charge is 0.207 e. The van der Waals surface area contributed by atoms with Gasteiger partial charge in [0.15, 0.2) is 28.9 Å². The fourth-order valence-electron chi connectivity index (χ4n) is 1.94. The summed E-state index contributed by atoms with van der Waals surface area (Å²) in [7, 11) is 0. The van der Waals surface area contributed by atoms with Gasteiger partial charge in [-0.1, -0.05) is 0 Å². The first-order valence-electron chi connectivity index (χ1n) is 5.54. The number of hydrogen-bond acceptors (Lipinski definition) is 3. The van der Waals surface area contributed by atoms with Crippen molar-refractivity contribution in [1.29, 1.82) is 0 Å². The molecule has 0 aliphatic carbocycles. The minimum atomic E-state index is -2.25. The average Bonchev–Trinajstić information content (AvgIpc) is 2.80. The minimum absolute atomic E-state index is 0.127. The molecule has 0 spiro atoms. The number of nitrogens with zero attached hydrogens (tertiary/aromatic N) is 3. The lowest BCUT2D eigenvalue weighted by atomic mass is 10.2. The SMILES string of the molecule is Nc1nc2cccnc2n1-c1c(F)c(F)c(F)c(F)c1F. The van der Waals surface area contributed by atoms with E-state index in [1.165, 1.54) is 18.3 Å². The molecule has 4 nitrogen and oxygen atoms in total. The second-order valence-corrected chi connectivity index (χ2v) is 4.07. The van der Waals surface area contributed by atoms with E-state index in [1.807, 2.05) is 0 Å². The van der Waals surface area contributed by atoms with Crippen molar-refractivity contribution in [3.63, 3.8) is 0 Å². The van der Waals surface area contributed by atoms with Gasteiger partial charge in [-0.15, -0.1) is 0 Å². The number of nitrogens with two attached hydrogens (primary N) is 1. The number of pyridine rings is 1. The zero-order valence-electron chi connectivity index (χ0n) is 10.0. The van der Waals surface area contributed by atoms with Gasteiger partial charge < -0.3 is 5.73 Å². The third-order valence-electron chi connectivity index (χ3n) is 2.85. The van der Waals surface area contributed by atoms with Crippen LogP contribution in [0.15, 0.2) is 18.3 Å². The maximum absolute atomic E-state index is 13.8. The Morgan fingerprint density at radius 2 is 1.48 bits per heavy atom. The van der Waals surface area contributed by atoms with Crippen LogP contribution in [0.25, 0.3) is 16.9 Å². The normalized spacial score (nSPS) is 11.3. The molecule has 3 rings (SSSR count). The van der Waals surface area contributed by atoms with Crippen molar-refractivity contribution in [2.24, 2.45) is 0 Å². The zero-order chi connectivity index (χ0) is 15.3. The van der Waals surface area contributed by atoms with E-state index in [1.54, 1.807) is 0 Å². The Balaban J connectivity index is 2.47. The molecule has 0 fully saturated rings. The summed E-state index contributed by atoms with van der Waals surface area (Å²) >= 11 is 0. The summed E-state index contributed by atoms with van der Waals surface area (Å²) in [6.45, 7) is 0. The number of halogens is 5.